The summed E-state index contributed by atoms with van der Waals surface area (Å²) in [5, 5.41) is 9.93. The summed E-state index contributed by atoms with van der Waals surface area (Å²) in [4.78, 5) is 18.3. The van der Waals surface area contributed by atoms with Crippen molar-refractivity contribution in [3.63, 3.8) is 0 Å². The summed E-state index contributed by atoms with van der Waals surface area (Å²) in [6, 6.07) is 25.3. The van der Waals surface area contributed by atoms with Crippen molar-refractivity contribution in [2.45, 2.75) is 6.92 Å². The van der Waals surface area contributed by atoms with Gasteiger partial charge in [-0.25, -0.2) is 4.68 Å². The molecule has 6 rings (SSSR count). The Labute approximate surface area is 209 Å². The first-order valence-electron chi connectivity index (χ1n) is 10.9. The Morgan fingerprint density at radius 2 is 1.60 bits per heavy atom. The summed E-state index contributed by atoms with van der Waals surface area (Å²) in [5.41, 5.74) is 5.24. The number of benzene rings is 3. The van der Waals surface area contributed by atoms with Gasteiger partial charge < -0.3 is 0 Å². The number of para-hydroxylation sites is 1. The number of fused-ring (bicyclic) bond motifs is 1. The fourth-order valence-electron chi connectivity index (χ4n) is 3.84. The minimum absolute atomic E-state index is 0.203. The van der Waals surface area contributed by atoms with Gasteiger partial charge >= 0.3 is 0 Å². The maximum Gasteiger partial charge on any atom is 0.291 e. The molecule has 0 spiro atoms. The maximum atomic E-state index is 13.2. The Morgan fingerprint density at radius 3 is 2.31 bits per heavy atom. The van der Waals surface area contributed by atoms with Crippen LogP contribution in [-0.4, -0.2) is 24.4 Å². The van der Waals surface area contributed by atoms with Gasteiger partial charge in [-0.05, 0) is 37.3 Å². The van der Waals surface area contributed by atoms with Crippen molar-refractivity contribution in [2.75, 3.05) is 0 Å². The quantitative estimate of drug-likeness (QED) is 0.338. The third-order valence-corrected chi connectivity index (χ3v) is 6.87. The van der Waals surface area contributed by atoms with Crippen LogP contribution < -0.4 is 10.1 Å². The normalized spacial score (nSPS) is 12.0. The highest BCUT2D eigenvalue weighted by Crippen LogP contribution is 2.26. The van der Waals surface area contributed by atoms with Crippen molar-refractivity contribution in [2.24, 2.45) is 0 Å². The highest BCUT2D eigenvalue weighted by molar-refractivity contribution is 7.15. The lowest BCUT2D eigenvalue weighted by Crippen LogP contribution is -2.23. The molecule has 3 aromatic heterocycles. The molecule has 170 valence electrons. The van der Waals surface area contributed by atoms with Gasteiger partial charge in [0.15, 0.2) is 5.82 Å². The van der Waals surface area contributed by atoms with Crippen LogP contribution in [0.5, 0.6) is 0 Å². The number of hydrogen-bond acceptors (Lipinski definition) is 5. The number of rotatable bonds is 4. The molecule has 0 saturated carbocycles. The fraction of sp³-hybridized carbons (Fsp3) is 0.0370. The monoisotopic (exact) mass is 495 g/mol. The Balaban J connectivity index is 1.48. The molecule has 0 bridgehead atoms. The highest BCUT2D eigenvalue weighted by atomic mass is 35.5. The number of thiazole rings is 1. The maximum absolute atomic E-state index is 13.2. The number of aryl methyl sites for hydroxylation is 1. The number of aromatic nitrogens is 5. The van der Waals surface area contributed by atoms with Crippen molar-refractivity contribution in [1.29, 1.82) is 0 Å². The van der Waals surface area contributed by atoms with Crippen LogP contribution in [0.4, 0.5) is 0 Å². The van der Waals surface area contributed by atoms with Gasteiger partial charge in [0.2, 0.25) is 4.96 Å². The van der Waals surface area contributed by atoms with Gasteiger partial charge in [0.1, 0.15) is 5.69 Å². The average molecular weight is 496 g/mol. The summed E-state index contributed by atoms with van der Waals surface area (Å²) in [7, 11) is 0. The van der Waals surface area contributed by atoms with E-state index >= 15 is 0 Å². The molecule has 6 nitrogen and oxygen atoms in total. The van der Waals surface area contributed by atoms with Gasteiger partial charge in [-0.3, -0.25) is 4.79 Å². The minimum atomic E-state index is -0.203. The first kappa shape index (κ1) is 21.5. The van der Waals surface area contributed by atoms with E-state index in [-0.39, 0.29) is 5.56 Å². The number of nitrogens with zero attached hydrogens (tertiary/aromatic N) is 5. The van der Waals surface area contributed by atoms with Gasteiger partial charge in [-0.2, -0.15) is 14.6 Å². The minimum Gasteiger partial charge on any atom is -0.266 e. The van der Waals surface area contributed by atoms with E-state index in [2.05, 4.69) is 10.1 Å². The molecule has 3 heterocycles. The Bertz CT molecular complexity index is 1770. The Morgan fingerprint density at radius 1 is 0.886 bits per heavy atom. The smallest absolute Gasteiger partial charge is 0.266 e. The van der Waals surface area contributed by atoms with Gasteiger partial charge in [0, 0.05) is 27.9 Å². The largest absolute Gasteiger partial charge is 0.291 e. The molecule has 0 amide bonds. The summed E-state index contributed by atoms with van der Waals surface area (Å²) in [5.74, 6) is 0.540. The summed E-state index contributed by atoms with van der Waals surface area (Å²) in [6.07, 6.45) is 3.78. The molecule has 8 heteroatoms. The zero-order chi connectivity index (χ0) is 23.9. The molecule has 0 saturated heterocycles. The van der Waals surface area contributed by atoms with E-state index in [0.717, 1.165) is 33.6 Å². The van der Waals surface area contributed by atoms with Crippen LogP contribution in [0.15, 0.2) is 89.9 Å². The lowest BCUT2D eigenvalue weighted by molar-refractivity contribution is 0.884. The molecule has 6 aromatic rings. The molecule has 0 N–H and O–H groups in total. The second-order valence-electron chi connectivity index (χ2n) is 8.13. The van der Waals surface area contributed by atoms with Crippen molar-refractivity contribution in [3.8, 4) is 28.3 Å². The number of hydrogen-bond donors (Lipinski definition) is 0. The van der Waals surface area contributed by atoms with Crippen LogP contribution in [0, 0.1) is 6.92 Å². The van der Waals surface area contributed by atoms with Crippen molar-refractivity contribution in [3.05, 3.63) is 116 Å². The van der Waals surface area contributed by atoms with Crippen LogP contribution in [0.3, 0.4) is 0 Å². The van der Waals surface area contributed by atoms with Crippen LogP contribution >= 0.6 is 22.9 Å². The van der Waals surface area contributed by atoms with Crippen LogP contribution in [0.2, 0.25) is 5.02 Å². The molecule has 0 aliphatic carbocycles. The van der Waals surface area contributed by atoms with E-state index in [1.165, 1.54) is 15.9 Å². The molecule has 0 aliphatic rings. The van der Waals surface area contributed by atoms with Gasteiger partial charge in [0.05, 0.1) is 10.2 Å². The zero-order valence-electron chi connectivity index (χ0n) is 18.6. The van der Waals surface area contributed by atoms with E-state index in [1.807, 2.05) is 103 Å². The molecule has 35 heavy (non-hydrogen) atoms. The zero-order valence-corrected chi connectivity index (χ0v) is 20.2. The van der Waals surface area contributed by atoms with Gasteiger partial charge in [0.25, 0.3) is 5.56 Å². The SMILES string of the molecule is Cc1ccc(-c2nc3sc(=Cc4cn(-c5ccccc5)nc4-c4ccc(Cl)cc4)c(=O)n3n2)cc1. The Kier molecular flexibility index (Phi) is 5.28. The number of halogens is 1. The summed E-state index contributed by atoms with van der Waals surface area (Å²) >= 11 is 7.41. The third kappa shape index (κ3) is 4.05. The van der Waals surface area contributed by atoms with E-state index in [0.29, 0.717) is 20.3 Å². The van der Waals surface area contributed by atoms with E-state index in [1.54, 1.807) is 0 Å². The van der Waals surface area contributed by atoms with Crippen molar-refractivity contribution < 1.29 is 0 Å². The molecule has 0 atom stereocenters. The Hall–Kier alpha value is -4.07. The van der Waals surface area contributed by atoms with E-state index < -0.39 is 0 Å². The molecule has 0 aliphatic heterocycles. The standard InChI is InChI=1S/C27H18ClN5OS/c1-17-7-9-19(10-8-17)25-29-27-33(31-25)26(34)23(35-27)15-20-16-32(22-5-3-2-4-6-22)30-24(20)18-11-13-21(28)14-12-18/h2-16H,1H3. The van der Waals surface area contributed by atoms with Crippen LogP contribution in [0.25, 0.3) is 39.4 Å². The molecule has 0 radical (unpaired) electrons. The summed E-state index contributed by atoms with van der Waals surface area (Å²) in [6.45, 7) is 2.03. The first-order valence-corrected chi connectivity index (χ1v) is 12.1. The lowest BCUT2D eigenvalue weighted by atomic mass is 10.1. The topological polar surface area (TPSA) is 65.1 Å². The second kappa shape index (κ2) is 8.61. The van der Waals surface area contributed by atoms with E-state index in [9.17, 15) is 4.79 Å². The van der Waals surface area contributed by atoms with Crippen molar-refractivity contribution in [1.82, 2.24) is 24.4 Å². The molecule has 0 unspecified atom stereocenters. The molecule has 3 aromatic carbocycles. The molecular weight excluding hydrogens is 478 g/mol. The van der Waals surface area contributed by atoms with Crippen molar-refractivity contribution >= 4 is 34.0 Å². The van der Waals surface area contributed by atoms with Crippen LogP contribution in [-0.2, 0) is 0 Å². The van der Waals surface area contributed by atoms with Gasteiger partial charge in [-0.15, -0.1) is 5.10 Å². The van der Waals surface area contributed by atoms with Crippen LogP contribution in [0.1, 0.15) is 11.1 Å². The first-order chi connectivity index (χ1) is 17.0. The van der Waals surface area contributed by atoms with E-state index in [4.69, 9.17) is 16.7 Å². The lowest BCUT2D eigenvalue weighted by Gasteiger charge is -2.00. The third-order valence-electron chi connectivity index (χ3n) is 5.66. The summed E-state index contributed by atoms with van der Waals surface area (Å²) < 4.78 is 3.72. The predicted octanol–water partition coefficient (Wildman–Crippen LogP) is 5.18. The fourth-order valence-corrected chi connectivity index (χ4v) is 4.86. The predicted molar refractivity (Wildman–Crippen MR) is 140 cm³/mol. The molecule has 0 fully saturated rings. The molecular formula is C27H18ClN5OS. The average Bonchev–Trinajstić information content (AvgIpc) is 3.56. The highest BCUT2D eigenvalue weighted by Gasteiger charge is 2.15. The second-order valence-corrected chi connectivity index (χ2v) is 9.58. The van der Waals surface area contributed by atoms with Gasteiger partial charge in [-0.1, -0.05) is 83.1 Å².